The lowest BCUT2D eigenvalue weighted by Crippen LogP contribution is -2.64. The third kappa shape index (κ3) is 4.94. The number of nitrogen functional groups attached to an aromatic ring is 1. The summed E-state index contributed by atoms with van der Waals surface area (Å²) >= 11 is 13.7. The highest BCUT2D eigenvalue weighted by Crippen LogP contribution is 2.47. The zero-order chi connectivity index (χ0) is 35.2. The van der Waals surface area contributed by atoms with E-state index in [9.17, 15) is 14.4 Å². The number of benzene rings is 2. The molecule has 5 aromatic rings. The van der Waals surface area contributed by atoms with E-state index in [4.69, 9.17) is 38.7 Å². The number of fused-ring (bicyclic) bond motifs is 3. The van der Waals surface area contributed by atoms with Crippen molar-refractivity contribution in [2.45, 2.75) is 49.6 Å². The van der Waals surface area contributed by atoms with Crippen molar-refractivity contribution in [1.29, 1.82) is 5.26 Å². The molecule has 9 rings (SSSR count). The molecule has 1 spiro atoms. The van der Waals surface area contributed by atoms with Crippen molar-refractivity contribution in [2.24, 2.45) is 0 Å². The summed E-state index contributed by atoms with van der Waals surface area (Å²) < 4.78 is 39.7. The maximum Gasteiger partial charge on any atom is 0.346 e. The number of carbonyl (C=O) groups excluding carboxylic acids is 1. The summed E-state index contributed by atoms with van der Waals surface area (Å²) in [5, 5.41) is 14.6. The number of rotatable bonds is 5. The average molecular weight is 752 g/mol. The highest BCUT2D eigenvalue weighted by molar-refractivity contribution is 7.23. The number of amides is 1. The van der Waals surface area contributed by atoms with Crippen LogP contribution in [0.1, 0.15) is 44.1 Å². The number of hydrogen-bond acceptors (Lipinski definition) is 11. The van der Waals surface area contributed by atoms with E-state index in [1.165, 1.54) is 18.5 Å². The lowest BCUT2D eigenvalue weighted by molar-refractivity contribution is 0.0400. The first-order chi connectivity index (χ1) is 24.6. The number of aromatic nitrogens is 5. The van der Waals surface area contributed by atoms with Gasteiger partial charge in [-0.25, -0.2) is 18.6 Å². The fourth-order valence-corrected chi connectivity index (χ4v) is 10.0. The monoisotopic (exact) mass is 750 g/mol. The first-order valence-corrected chi connectivity index (χ1v) is 18.3. The molecule has 3 aromatic heterocycles. The normalized spacial score (nSPS) is 21.2. The Hall–Kier alpha value is -4.36. The number of carbonyl (C=O) groups is 1. The van der Waals surface area contributed by atoms with E-state index in [0.717, 1.165) is 61.2 Å². The molecular weight excluding hydrogens is 721 g/mol. The predicted molar refractivity (Wildman–Crippen MR) is 189 cm³/mol. The Morgan fingerprint density at radius 2 is 1.88 bits per heavy atom. The minimum Gasteiger partial charge on any atom is -0.461 e. The van der Waals surface area contributed by atoms with Gasteiger partial charge in [-0.05, 0) is 80.9 Å². The highest BCUT2D eigenvalue weighted by Gasteiger charge is 2.53. The number of hydrogen-bond donors (Lipinski definition) is 1. The smallest absolute Gasteiger partial charge is 0.346 e. The number of nitriles is 1. The lowest BCUT2D eigenvalue weighted by Gasteiger charge is -2.50. The van der Waals surface area contributed by atoms with Crippen molar-refractivity contribution in [3.05, 3.63) is 52.0 Å². The van der Waals surface area contributed by atoms with Crippen LogP contribution >= 0.6 is 34.5 Å². The molecule has 1 unspecified atom stereocenters. The molecule has 0 aliphatic carbocycles. The Bertz CT molecular complexity index is 2320. The minimum atomic E-state index is -0.758. The van der Waals surface area contributed by atoms with Gasteiger partial charge in [0.05, 0.1) is 26.4 Å². The van der Waals surface area contributed by atoms with Gasteiger partial charge >= 0.3 is 12.0 Å². The van der Waals surface area contributed by atoms with Crippen molar-refractivity contribution in [1.82, 2.24) is 34.5 Å². The van der Waals surface area contributed by atoms with Gasteiger partial charge in [-0.2, -0.15) is 19.9 Å². The van der Waals surface area contributed by atoms with Crippen molar-refractivity contribution in [3.8, 4) is 23.2 Å². The number of thiophene rings is 1. The van der Waals surface area contributed by atoms with Crippen LogP contribution in [0.4, 0.5) is 24.4 Å². The van der Waals surface area contributed by atoms with Crippen molar-refractivity contribution >= 4 is 72.4 Å². The van der Waals surface area contributed by atoms with E-state index in [1.807, 2.05) is 11.0 Å². The third-order valence-electron chi connectivity index (χ3n) is 11.2. The van der Waals surface area contributed by atoms with Gasteiger partial charge in [-0.3, -0.25) is 4.90 Å². The van der Waals surface area contributed by atoms with E-state index >= 15 is 4.39 Å². The molecule has 4 fully saturated rings. The summed E-state index contributed by atoms with van der Waals surface area (Å²) in [6.45, 7) is 3.87. The molecule has 4 aliphatic rings. The van der Waals surface area contributed by atoms with Crippen molar-refractivity contribution in [2.75, 3.05) is 50.0 Å². The molecular formula is C34H30Cl2F2N10O2S. The molecule has 2 N–H and O–H groups in total. The maximum absolute atomic E-state index is 17.1. The molecule has 262 valence electrons. The number of nitrogens with two attached hydrogens (primary N) is 1. The summed E-state index contributed by atoms with van der Waals surface area (Å²) in [6, 6.07) is 5.97. The Balaban J connectivity index is 1.15. The van der Waals surface area contributed by atoms with Gasteiger partial charge < -0.3 is 20.3 Å². The van der Waals surface area contributed by atoms with Crippen LogP contribution in [0.5, 0.6) is 6.01 Å². The molecule has 17 heteroatoms. The van der Waals surface area contributed by atoms with Crippen LogP contribution in [0.15, 0.2) is 24.5 Å². The molecule has 0 radical (unpaired) electrons. The van der Waals surface area contributed by atoms with Crippen molar-refractivity contribution in [3.63, 3.8) is 0 Å². The molecule has 4 aliphatic heterocycles. The van der Waals surface area contributed by atoms with E-state index in [-0.39, 0.29) is 65.2 Å². The highest BCUT2D eigenvalue weighted by atomic mass is 35.5. The molecule has 2 aromatic carbocycles. The predicted octanol–water partition coefficient (Wildman–Crippen LogP) is 6.47. The summed E-state index contributed by atoms with van der Waals surface area (Å²) in [5.41, 5.74) is 5.71. The number of anilines is 2. The molecule has 12 nitrogen and oxygen atoms in total. The summed E-state index contributed by atoms with van der Waals surface area (Å²) in [5.74, 6) is -0.905. The molecule has 1 amide bonds. The Kier molecular flexibility index (Phi) is 7.56. The van der Waals surface area contributed by atoms with Crippen LogP contribution in [0, 0.1) is 23.0 Å². The zero-order valence-electron chi connectivity index (χ0n) is 27.1. The van der Waals surface area contributed by atoms with Gasteiger partial charge in [0.2, 0.25) is 5.28 Å². The van der Waals surface area contributed by atoms with Gasteiger partial charge in [0.15, 0.2) is 5.82 Å². The largest absolute Gasteiger partial charge is 0.461 e. The SMILES string of the molecule is N#Cc1c(N)sc2c(F)ccc(-c3c(Cl)cc4c(N5CCC6(CCN6C(=O)n6cnc(Cl)n6)C5)nc(OCC56CCCN5CCC6)nc4c3F)c12. The zero-order valence-corrected chi connectivity index (χ0v) is 29.5. The Morgan fingerprint density at radius 1 is 1.10 bits per heavy atom. The van der Waals surface area contributed by atoms with Crippen LogP contribution in [-0.2, 0) is 0 Å². The maximum atomic E-state index is 17.1. The molecule has 0 bridgehead atoms. The number of halogens is 4. The quantitative estimate of drug-likeness (QED) is 0.212. The van der Waals surface area contributed by atoms with Gasteiger partial charge in [0.25, 0.3) is 0 Å². The first-order valence-electron chi connectivity index (χ1n) is 16.7. The second-order valence-electron chi connectivity index (χ2n) is 13.8. The van der Waals surface area contributed by atoms with Crippen LogP contribution < -0.4 is 15.4 Å². The topological polar surface area (TPSA) is 142 Å². The van der Waals surface area contributed by atoms with E-state index in [0.29, 0.717) is 43.9 Å². The number of likely N-dealkylation sites (tertiary alicyclic amines) is 1. The fraction of sp³-hybridized carbons (Fsp3) is 0.412. The second-order valence-corrected chi connectivity index (χ2v) is 15.6. The van der Waals surface area contributed by atoms with Crippen molar-refractivity contribution < 1.29 is 18.3 Å². The number of nitrogens with zero attached hydrogens (tertiary/aromatic N) is 9. The molecule has 7 heterocycles. The van der Waals surface area contributed by atoms with Gasteiger partial charge in [-0.1, -0.05) is 17.7 Å². The van der Waals surface area contributed by atoms with Crippen LogP contribution in [0.25, 0.3) is 32.1 Å². The fourth-order valence-electron chi connectivity index (χ4n) is 8.64. The van der Waals surface area contributed by atoms with E-state index in [2.05, 4.69) is 20.0 Å². The summed E-state index contributed by atoms with van der Waals surface area (Å²) in [7, 11) is 0. The van der Waals surface area contributed by atoms with Gasteiger partial charge in [-0.15, -0.1) is 16.4 Å². The third-order valence-corrected chi connectivity index (χ3v) is 12.7. The molecule has 1 atom stereocenters. The molecule has 4 saturated heterocycles. The van der Waals surface area contributed by atoms with Gasteiger partial charge in [0.1, 0.15) is 41.2 Å². The second kappa shape index (κ2) is 11.8. The van der Waals surface area contributed by atoms with Crippen LogP contribution in [-0.4, -0.2) is 91.0 Å². The first kappa shape index (κ1) is 32.5. The minimum absolute atomic E-state index is 0.0187. The number of ether oxygens (including phenoxy) is 1. The van der Waals surface area contributed by atoms with E-state index in [1.54, 1.807) is 11.0 Å². The summed E-state index contributed by atoms with van der Waals surface area (Å²) in [6.07, 6.45) is 6.86. The molecule has 0 saturated carbocycles. The van der Waals surface area contributed by atoms with Crippen LogP contribution in [0.2, 0.25) is 10.3 Å². The van der Waals surface area contributed by atoms with Gasteiger partial charge in [0, 0.05) is 36.0 Å². The summed E-state index contributed by atoms with van der Waals surface area (Å²) in [4.78, 5) is 33.0. The Labute approximate surface area is 304 Å². The lowest BCUT2D eigenvalue weighted by atomic mass is 9.84. The molecule has 51 heavy (non-hydrogen) atoms. The van der Waals surface area contributed by atoms with E-state index < -0.39 is 17.2 Å². The average Bonchev–Trinajstić information content (AvgIpc) is 3.93. The van der Waals surface area contributed by atoms with Crippen LogP contribution in [0.3, 0.4) is 0 Å². The standard InChI is InChI=1S/C34H30Cl2F2N10O2S/c35-21-13-19-26(25(38)24(21)18-3-4-22(37)27-23(18)20(14-39)28(40)51-27)42-31(50-16-34-5-1-9-46(34)10-2-6-34)43-29(19)45-11-7-33(15-45)8-12-47(33)32(49)48-17-41-30(36)44-48/h3-4,13,17H,1-2,5-12,15-16,40H2. The Morgan fingerprint density at radius 3 is 2.59 bits per heavy atom.